The zero-order valence-corrected chi connectivity index (χ0v) is 21.3. The molecular formula is C29H21N5O3S. The Morgan fingerprint density at radius 3 is 2.42 bits per heavy atom. The molecule has 0 N–H and O–H groups in total. The number of hydrogen-bond acceptors (Lipinski definition) is 7. The molecule has 0 atom stereocenters. The summed E-state index contributed by atoms with van der Waals surface area (Å²) in [4.78, 5) is 29.8. The van der Waals surface area contributed by atoms with Crippen LogP contribution < -0.4 is 14.8 Å². The van der Waals surface area contributed by atoms with Crippen LogP contribution >= 0.6 is 11.3 Å². The molecule has 6 rings (SSSR count). The fourth-order valence-corrected chi connectivity index (χ4v) is 5.02. The Kier molecular flexibility index (Phi) is 5.89. The Morgan fingerprint density at radius 1 is 0.947 bits per heavy atom. The maximum atomic E-state index is 13.3. The number of aromatic nitrogens is 5. The van der Waals surface area contributed by atoms with Crippen LogP contribution in [-0.2, 0) is 4.79 Å². The second-order valence-electron chi connectivity index (χ2n) is 8.71. The van der Waals surface area contributed by atoms with Crippen molar-refractivity contribution in [3.63, 3.8) is 0 Å². The van der Waals surface area contributed by atoms with Crippen LogP contribution in [0.4, 0.5) is 0 Å². The highest BCUT2D eigenvalue weighted by atomic mass is 32.1. The second kappa shape index (κ2) is 9.53. The Morgan fingerprint density at radius 2 is 1.68 bits per heavy atom. The summed E-state index contributed by atoms with van der Waals surface area (Å²) < 4.78 is 8.87. The van der Waals surface area contributed by atoms with Crippen LogP contribution in [0.5, 0.6) is 5.75 Å². The monoisotopic (exact) mass is 519 g/mol. The number of hydrogen-bond donors (Lipinski definition) is 0. The first-order valence-corrected chi connectivity index (χ1v) is 12.7. The second-order valence-corrected chi connectivity index (χ2v) is 9.72. The molecule has 0 radical (unpaired) electrons. The van der Waals surface area contributed by atoms with E-state index in [0.717, 1.165) is 28.1 Å². The highest BCUT2D eigenvalue weighted by Crippen LogP contribution is 2.28. The molecule has 0 unspecified atom stereocenters. The zero-order chi connectivity index (χ0) is 26.2. The Balaban J connectivity index is 1.46. The maximum absolute atomic E-state index is 13.3. The van der Waals surface area contributed by atoms with E-state index in [-0.39, 0.29) is 5.56 Å². The maximum Gasteiger partial charge on any atom is 0.308 e. The molecule has 6 aromatic rings. The highest BCUT2D eigenvalue weighted by Gasteiger charge is 2.17. The molecule has 3 aromatic carbocycles. The standard InChI is InChI=1S/C29H21N5O3S/c1-18-12-14-20(15-13-18)26-21(17-33(31-26)22-8-4-3-5-9-22)16-25-28(36)34-29(38-25)30-27(32-34)23-10-6-7-11-24(23)37-19(2)35/h3-17H,1-2H3. The van der Waals surface area contributed by atoms with Gasteiger partial charge in [-0.25, -0.2) is 4.68 Å². The SMILES string of the molecule is CC(=O)Oc1ccccc1-c1nc2sc(=Cc3cn(-c4ccccc4)nc3-c3ccc(C)cc3)c(=O)n2n1. The van der Waals surface area contributed by atoms with E-state index in [2.05, 4.69) is 10.1 Å². The minimum Gasteiger partial charge on any atom is -0.426 e. The van der Waals surface area contributed by atoms with E-state index in [0.29, 0.717) is 26.6 Å². The number of rotatable bonds is 5. The van der Waals surface area contributed by atoms with Gasteiger partial charge in [0, 0.05) is 24.2 Å². The number of carbonyl (C=O) groups excluding carboxylic acids is 1. The molecule has 0 fully saturated rings. The van der Waals surface area contributed by atoms with E-state index in [1.165, 1.54) is 22.8 Å². The van der Waals surface area contributed by atoms with Crippen LogP contribution in [0.25, 0.3) is 39.4 Å². The van der Waals surface area contributed by atoms with E-state index in [1.54, 1.807) is 24.3 Å². The van der Waals surface area contributed by atoms with Crippen molar-refractivity contribution in [2.75, 3.05) is 0 Å². The number of thiazole rings is 1. The lowest BCUT2D eigenvalue weighted by atomic mass is 10.1. The van der Waals surface area contributed by atoms with Gasteiger partial charge in [0.15, 0.2) is 5.82 Å². The molecule has 0 saturated carbocycles. The van der Waals surface area contributed by atoms with Crippen molar-refractivity contribution in [2.45, 2.75) is 13.8 Å². The van der Waals surface area contributed by atoms with Gasteiger partial charge in [0.05, 0.1) is 21.5 Å². The molecule has 0 amide bonds. The average molecular weight is 520 g/mol. The normalized spacial score (nSPS) is 11.8. The van der Waals surface area contributed by atoms with Crippen LogP contribution in [0.15, 0.2) is 89.9 Å². The molecule has 3 heterocycles. The van der Waals surface area contributed by atoms with Crippen molar-refractivity contribution in [2.24, 2.45) is 0 Å². The molecule has 3 aromatic heterocycles. The molecule has 0 aliphatic heterocycles. The predicted octanol–water partition coefficient (Wildman–Crippen LogP) is 4.45. The van der Waals surface area contributed by atoms with Crippen LogP contribution in [0.3, 0.4) is 0 Å². The van der Waals surface area contributed by atoms with Gasteiger partial charge in [-0.2, -0.15) is 14.6 Å². The summed E-state index contributed by atoms with van der Waals surface area (Å²) in [7, 11) is 0. The largest absolute Gasteiger partial charge is 0.426 e. The molecule has 8 nitrogen and oxygen atoms in total. The van der Waals surface area contributed by atoms with E-state index < -0.39 is 5.97 Å². The Hall–Kier alpha value is -4.89. The van der Waals surface area contributed by atoms with Crippen LogP contribution in [0, 0.1) is 6.92 Å². The summed E-state index contributed by atoms with van der Waals surface area (Å²) in [6.45, 7) is 3.37. The third-order valence-electron chi connectivity index (χ3n) is 5.94. The molecule has 0 spiro atoms. The fourth-order valence-electron chi connectivity index (χ4n) is 4.13. The number of esters is 1. The predicted molar refractivity (Wildman–Crippen MR) is 146 cm³/mol. The molecule has 0 saturated heterocycles. The molecule has 0 aliphatic carbocycles. The average Bonchev–Trinajstić information content (AvgIpc) is 3.60. The number of nitrogens with zero attached hydrogens (tertiary/aromatic N) is 5. The van der Waals surface area contributed by atoms with Crippen molar-refractivity contribution in [3.05, 3.63) is 111 Å². The third kappa shape index (κ3) is 4.39. The van der Waals surface area contributed by atoms with E-state index in [1.807, 2.05) is 78.5 Å². The first-order valence-electron chi connectivity index (χ1n) is 11.9. The van der Waals surface area contributed by atoms with Gasteiger partial charge in [0.1, 0.15) is 5.75 Å². The Labute approximate surface area is 221 Å². The molecule has 0 aliphatic rings. The number of aryl methyl sites for hydroxylation is 1. The van der Waals surface area contributed by atoms with Gasteiger partial charge in [-0.15, -0.1) is 5.10 Å². The fraction of sp³-hybridized carbons (Fsp3) is 0.0690. The van der Waals surface area contributed by atoms with E-state index in [4.69, 9.17) is 9.84 Å². The molecular weight excluding hydrogens is 498 g/mol. The van der Waals surface area contributed by atoms with Crippen molar-refractivity contribution in [1.82, 2.24) is 24.4 Å². The van der Waals surface area contributed by atoms with Crippen LogP contribution in [0.2, 0.25) is 0 Å². The van der Waals surface area contributed by atoms with Crippen molar-refractivity contribution in [3.8, 4) is 34.1 Å². The summed E-state index contributed by atoms with van der Waals surface area (Å²) in [6.07, 6.45) is 3.75. The molecule has 0 bridgehead atoms. The number of fused-ring (bicyclic) bond motifs is 1. The van der Waals surface area contributed by atoms with Gasteiger partial charge in [0.25, 0.3) is 5.56 Å². The number of ether oxygens (including phenoxy) is 1. The smallest absolute Gasteiger partial charge is 0.308 e. The van der Waals surface area contributed by atoms with Crippen LogP contribution in [0.1, 0.15) is 18.1 Å². The summed E-state index contributed by atoms with van der Waals surface area (Å²) >= 11 is 1.24. The first-order chi connectivity index (χ1) is 18.5. The summed E-state index contributed by atoms with van der Waals surface area (Å²) in [6, 6.07) is 24.9. The molecule has 186 valence electrons. The summed E-state index contributed by atoms with van der Waals surface area (Å²) in [5.74, 6) is 0.211. The van der Waals surface area contributed by atoms with Crippen molar-refractivity contribution >= 4 is 28.3 Å². The summed E-state index contributed by atoms with van der Waals surface area (Å²) in [5.41, 5.74) is 4.85. The number of carbonyl (C=O) groups is 1. The van der Waals surface area contributed by atoms with Gasteiger partial charge in [-0.05, 0) is 37.3 Å². The van der Waals surface area contributed by atoms with Gasteiger partial charge in [-0.1, -0.05) is 71.5 Å². The molecule has 9 heteroatoms. The third-order valence-corrected chi connectivity index (χ3v) is 6.90. The molecule has 38 heavy (non-hydrogen) atoms. The van der Waals surface area contributed by atoms with Crippen LogP contribution in [-0.4, -0.2) is 30.3 Å². The quantitative estimate of drug-likeness (QED) is 0.247. The lowest BCUT2D eigenvalue weighted by Gasteiger charge is -2.04. The highest BCUT2D eigenvalue weighted by molar-refractivity contribution is 7.15. The first kappa shape index (κ1) is 23.5. The number of para-hydroxylation sites is 2. The van der Waals surface area contributed by atoms with Crippen molar-refractivity contribution < 1.29 is 9.53 Å². The van der Waals surface area contributed by atoms with Crippen molar-refractivity contribution in [1.29, 1.82) is 0 Å². The Bertz CT molecular complexity index is 1900. The van der Waals surface area contributed by atoms with Gasteiger partial charge >= 0.3 is 5.97 Å². The number of benzene rings is 3. The summed E-state index contributed by atoms with van der Waals surface area (Å²) in [5, 5.41) is 9.27. The minimum absolute atomic E-state index is 0.281. The zero-order valence-electron chi connectivity index (χ0n) is 20.5. The lowest BCUT2D eigenvalue weighted by Crippen LogP contribution is -2.23. The van der Waals surface area contributed by atoms with Gasteiger partial charge < -0.3 is 4.74 Å². The minimum atomic E-state index is -0.444. The topological polar surface area (TPSA) is 91.4 Å². The van der Waals surface area contributed by atoms with Gasteiger partial charge in [0.2, 0.25) is 4.96 Å². The van der Waals surface area contributed by atoms with E-state index >= 15 is 0 Å². The van der Waals surface area contributed by atoms with Gasteiger partial charge in [-0.3, -0.25) is 9.59 Å². The van der Waals surface area contributed by atoms with E-state index in [9.17, 15) is 9.59 Å². The lowest BCUT2D eigenvalue weighted by molar-refractivity contribution is -0.131.